The van der Waals surface area contributed by atoms with E-state index >= 15 is 0 Å². The average Bonchev–Trinajstić information content (AvgIpc) is 2.76. The number of thioether (sulfide) groups is 1. The van der Waals surface area contributed by atoms with Crippen molar-refractivity contribution >= 4 is 23.6 Å². The molecule has 0 heterocycles. The van der Waals surface area contributed by atoms with Crippen LogP contribution in [0.2, 0.25) is 0 Å². The van der Waals surface area contributed by atoms with Gasteiger partial charge in [-0.2, -0.15) is 0 Å². The number of rotatable bonds is 10. The summed E-state index contributed by atoms with van der Waals surface area (Å²) in [4.78, 5) is 28.5. The normalized spacial score (nSPS) is 12.7. The summed E-state index contributed by atoms with van der Waals surface area (Å²) in [6.07, 6.45) is 0.841. The lowest BCUT2D eigenvalue weighted by atomic mass is 10.1. The fraction of sp³-hybridized carbons (Fsp3) is 0.417. The zero-order valence-corrected chi connectivity index (χ0v) is 19.3. The summed E-state index contributed by atoms with van der Waals surface area (Å²) in [6.45, 7) is 8.18. The molecule has 0 aliphatic rings. The Bertz CT molecular complexity index is 821. The number of benzene rings is 2. The molecule has 6 heteroatoms. The second-order valence-electron chi connectivity index (χ2n) is 7.47. The van der Waals surface area contributed by atoms with Gasteiger partial charge in [0.15, 0.2) is 0 Å². The molecular formula is C24H32N2O3S. The topological polar surface area (TPSA) is 58.6 Å². The van der Waals surface area contributed by atoms with E-state index in [1.807, 2.05) is 69.3 Å². The lowest BCUT2D eigenvalue weighted by molar-refractivity contribution is -0.138. The van der Waals surface area contributed by atoms with E-state index in [0.29, 0.717) is 6.54 Å². The standard InChI is InChI=1S/C24H32N2O3S/c1-6-18(3)25-24(28)19(4)26(15-20-9-11-21(29-5)12-10-20)23(27)16-30-22-13-7-17(2)8-14-22/h7-14,18-19H,6,15-16H2,1-5H3,(H,25,28)/t18-,19-/m1/s1. The number of carbonyl (C=O) groups excluding carboxylic acids is 2. The van der Waals surface area contributed by atoms with Crippen molar-refractivity contribution in [2.24, 2.45) is 0 Å². The highest BCUT2D eigenvalue weighted by Crippen LogP contribution is 2.21. The molecule has 0 radical (unpaired) electrons. The molecule has 30 heavy (non-hydrogen) atoms. The van der Waals surface area contributed by atoms with Gasteiger partial charge < -0.3 is 15.0 Å². The van der Waals surface area contributed by atoms with Gasteiger partial charge in [-0.25, -0.2) is 0 Å². The fourth-order valence-electron chi connectivity index (χ4n) is 2.84. The van der Waals surface area contributed by atoms with Crippen molar-refractivity contribution in [2.75, 3.05) is 12.9 Å². The van der Waals surface area contributed by atoms with Gasteiger partial charge in [-0.1, -0.05) is 36.8 Å². The summed E-state index contributed by atoms with van der Waals surface area (Å²) >= 11 is 1.49. The van der Waals surface area contributed by atoms with E-state index in [0.717, 1.165) is 22.6 Å². The van der Waals surface area contributed by atoms with Gasteiger partial charge in [-0.15, -0.1) is 11.8 Å². The van der Waals surface area contributed by atoms with Crippen LogP contribution in [-0.2, 0) is 16.1 Å². The molecule has 0 aliphatic carbocycles. The maximum absolute atomic E-state index is 13.1. The summed E-state index contributed by atoms with van der Waals surface area (Å²) in [6, 6.07) is 15.2. The van der Waals surface area contributed by atoms with Crippen molar-refractivity contribution in [3.05, 3.63) is 59.7 Å². The van der Waals surface area contributed by atoms with Crippen LogP contribution in [0.15, 0.2) is 53.4 Å². The Labute approximate surface area is 184 Å². The van der Waals surface area contributed by atoms with Crippen LogP contribution in [0, 0.1) is 6.92 Å². The Balaban J connectivity index is 2.14. The zero-order valence-electron chi connectivity index (χ0n) is 18.5. The Kier molecular flexibility index (Phi) is 9.24. The second-order valence-corrected chi connectivity index (χ2v) is 8.51. The van der Waals surface area contributed by atoms with E-state index in [1.165, 1.54) is 17.3 Å². The number of hydrogen-bond acceptors (Lipinski definition) is 4. The molecule has 0 saturated heterocycles. The molecule has 0 spiro atoms. The lowest BCUT2D eigenvalue weighted by Crippen LogP contribution is -2.50. The van der Waals surface area contributed by atoms with Crippen molar-refractivity contribution in [1.82, 2.24) is 10.2 Å². The maximum atomic E-state index is 13.1. The van der Waals surface area contributed by atoms with Crippen molar-refractivity contribution in [1.29, 1.82) is 0 Å². The monoisotopic (exact) mass is 428 g/mol. The molecule has 2 aromatic rings. The minimum absolute atomic E-state index is 0.0665. The molecule has 2 rings (SSSR count). The van der Waals surface area contributed by atoms with Crippen LogP contribution in [0.5, 0.6) is 5.75 Å². The Hall–Kier alpha value is -2.47. The predicted octanol–water partition coefficient (Wildman–Crippen LogP) is 4.43. The van der Waals surface area contributed by atoms with Gasteiger partial charge in [0, 0.05) is 17.5 Å². The first-order valence-electron chi connectivity index (χ1n) is 10.3. The molecule has 0 aliphatic heterocycles. The second kappa shape index (κ2) is 11.6. The van der Waals surface area contributed by atoms with Crippen LogP contribution >= 0.6 is 11.8 Å². The largest absolute Gasteiger partial charge is 0.497 e. The van der Waals surface area contributed by atoms with Gasteiger partial charge in [-0.05, 0) is 57.0 Å². The number of methoxy groups -OCH3 is 1. The van der Waals surface area contributed by atoms with Crippen LogP contribution in [0.25, 0.3) is 0 Å². The van der Waals surface area contributed by atoms with E-state index in [1.54, 1.807) is 18.9 Å². The molecule has 0 saturated carbocycles. The van der Waals surface area contributed by atoms with Crippen LogP contribution in [0.3, 0.4) is 0 Å². The van der Waals surface area contributed by atoms with E-state index < -0.39 is 6.04 Å². The summed E-state index contributed by atoms with van der Waals surface area (Å²) in [5.41, 5.74) is 2.13. The van der Waals surface area contributed by atoms with Crippen molar-refractivity contribution in [3.8, 4) is 5.75 Å². The van der Waals surface area contributed by atoms with Crippen LogP contribution in [0.1, 0.15) is 38.3 Å². The lowest BCUT2D eigenvalue weighted by Gasteiger charge is -2.29. The average molecular weight is 429 g/mol. The number of carbonyl (C=O) groups is 2. The van der Waals surface area contributed by atoms with Crippen LogP contribution < -0.4 is 10.1 Å². The highest BCUT2D eigenvalue weighted by Gasteiger charge is 2.26. The molecule has 0 aromatic heterocycles. The Morgan fingerprint density at radius 2 is 1.70 bits per heavy atom. The molecule has 2 aromatic carbocycles. The van der Waals surface area contributed by atoms with E-state index in [9.17, 15) is 9.59 Å². The smallest absolute Gasteiger partial charge is 0.242 e. The molecule has 162 valence electrons. The molecule has 0 unspecified atom stereocenters. The number of hydrogen-bond donors (Lipinski definition) is 1. The third-order valence-electron chi connectivity index (χ3n) is 5.06. The van der Waals surface area contributed by atoms with Crippen molar-refractivity contribution in [3.63, 3.8) is 0 Å². The molecule has 1 N–H and O–H groups in total. The quantitative estimate of drug-likeness (QED) is 0.569. The Morgan fingerprint density at radius 1 is 1.07 bits per heavy atom. The summed E-state index contributed by atoms with van der Waals surface area (Å²) in [5.74, 6) is 0.837. The predicted molar refractivity (Wildman–Crippen MR) is 123 cm³/mol. The SMILES string of the molecule is CC[C@@H](C)NC(=O)[C@@H](C)N(Cc1ccc(OC)cc1)C(=O)CSc1ccc(C)cc1. The van der Waals surface area contributed by atoms with Crippen molar-refractivity contribution < 1.29 is 14.3 Å². The van der Waals surface area contributed by atoms with E-state index in [-0.39, 0.29) is 23.6 Å². The summed E-state index contributed by atoms with van der Waals surface area (Å²) in [5, 5.41) is 2.99. The van der Waals surface area contributed by atoms with Gasteiger partial charge in [0.1, 0.15) is 11.8 Å². The van der Waals surface area contributed by atoms with E-state index in [4.69, 9.17) is 4.74 Å². The molecule has 0 fully saturated rings. The number of nitrogens with zero attached hydrogens (tertiary/aromatic N) is 1. The molecule has 2 atom stereocenters. The fourth-order valence-corrected chi connectivity index (χ4v) is 3.62. The molecule has 0 bridgehead atoms. The first-order chi connectivity index (χ1) is 14.3. The molecule has 5 nitrogen and oxygen atoms in total. The summed E-state index contributed by atoms with van der Waals surface area (Å²) < 4.78 is 5.21. The summed E-state index contributed by atoms with van der Waals surface area (Å²) in [7, 11) is 1.62. The highest BCUT2D eigenvalue weighted by atomic mass is 32.2. The number of aryl methyl sites for hydroxylation is 1. The van der Waals surface area contributed by atoms with Gasteiger partial charge in [-0.3, -0.25) is 9.59 Å². The third-order valence-corrected chi connectivity index (χ3v) is 6.06. The molecular weight excluding hydrogens is 396 g/mol. The highest BCUT2D eigenvalue weighted by molar-refractivity contribution is 8.00. The van der Waals surface area contributed by atoms with Gasteiger partial charge >= 0.3 is 0 Å². The number of ether oxygens (including phenoxy) is 1. The zero-order chi connectivity index (χ0) is 22.1. The Morgan fingerprint density at radius 3 is 2.27 bits per heavy atom. The number of amides is 2. The third kappa shape index (κ3) is 7.10. The first kappa shape index (κ1) is 23.8. The van der Waals surface area contributed by atoms with Crippen LogP contribution in [0.4, 0.5) is 0 Å². The molecule has 2 amide bonds. The maximum Gasteiger partial charge on any atom is 0.242 e. The number of nitrogens with one attached hydrogen (secondary N) is 1. The first-order valence-corrected chi connectivity index (χ1v) is 11.2. The van der Waals surface area contributed by atoms with Crippen molar-refractivity contribution in [2.45, 2.75) is 57.6 Å². The minimum Gasteiger partial charge on any atom is -0.497 e. The van der Waals surface area contributed by atoms with Gasteiger partial charge in [0.05, 0.1) is 12.9 Å². The minimum atomic E-state index is -0.563. The van der Waals surface area contributed by atoms with E-state index in [2.05, 4.69) is 5.32 Å². The van der Waals surface area contributed by atoms with Gasteiger partial charge in [0.25, 0.3) is 0 Å². The van der Waals surface area contributed by atoms with Crippen LogP contribution in [-0.4, -0.2) is 41.7 Å². The van der Waals surface area contributed by atoms with Gasteiger partial charge in [0.2, 0.25) is 11.8 Å².